The van der Waals surface area contributed by atoms with Gasteiger partial charge in [-0.1, -0.05) is 18.9 Å². The van der Waals surface area contributed by atoms with Crippen LogP contribution in [0.1, 0.15) is 49.7 Å². The van der Waals surface area contributed by atoms with Crippen LogP contribution in [0.25, 0.3) is 0 Å². The quantitative estimate of drug-likeness (QED) is 0.756. The van der Waals surface area contributed by atoms with Crippen molar-refractivity contribution in [3.63, 3.8) is 0 Å². The van der Waals surface area contributed by atoms with Crippen molar-refractivity contribution in [3.8, 4) is 5.75 Å². The summed E-state index contributed by atoms with van der Waals surface area (Å²) in [4.78, 5) is 2.71. The lowest BCUT2D eigenvalue weighted by Gasteiger charge is -2.57. The Morgan fingerprint density at radius 3 is 3.00 bits per heavy atom. The SMILES string of the molecule is Oc1ccc2c(c1)C13CCCCC1N(CCC3)C2. The first kappa shape index (κ1) is 10.9. The summed E-state index contributed by atoms with van der Waals surface area (Å²) < 4.78 is 0. The van der Waals surface area contributed by atoms with Gasteiger partial charge >= 0.3 is 0 Å². The Morgan fingerprint density at radius 2 is 2.06 bits per heavy atom. The molecule has 3 atom stereocenters. The van der Waals surface area contributed by atoms with Crippen molar-refractivity contribution >= 4 is 0 Å². The lowest BCUT2D eigenvalue weighted by atomic mass is 9.58. The van der Waals surface area contributed by atoms with Crippen molar-refractivity contribution in [3.05, 3.63) is 29.3 Å². The molecule has 3 unspecified atom stereocenters. The van der Waals surface area contributed by atoms with Crippen molar-refractivity contribution in [1.82, 2.24) is 4.90 Å². The molecule has 3 aliphatic rings. The number of aromatic hydroxyl groups is 1. The summed E-state index contributed by atoms with van der Waals surface area (Å²) in [5.74, 6) is 0.450. The van der Waals surface area contributed by atoms with Gasteiger partial charge in [0.2, 0.25) is 0 Å². The van der Waals surface area contributed by atoms with Crippen LogP contribution < -0.4 is 0 Å². The van der Waals surface area contributed by atoms with E-state index < -0.39 is 0 Å². The van der Waals surface area contributed by atoms with E-state index in [0.717, 1.165) is 12.6 Å². The Morgan fingerprint density at radius 1 is 1.17 bits per heavy atom. The van der Waals surface area contributed by atoms with Gasteiger partial charge in [-0.15, -0.1) is 0 Å². The van der Waals surface area contributed by atoms with Crippen LogP contribution >= 0.6 is 0 Å². The normalized spacial score (nSPS) is 37.8. The van der Waals surface area contributed by atoms with Gasteiger partial charge < -0.3 is 5.11 Å². The lowest BCUT2D eigenvalue weighted by Crippen LogP contribution is -2.59. The monoisotopic (exact) mass is 243 g/mol. The number of hydrogen-bond acceptors (Lipinski definition) is 2. The summed E-state index contributed by atoms with van der Waals surface area (Å²) in [5, 5.41) is 9.86. The molecule has 0 spiro atoms. The van der Waals surface area contributed by atoms with E-state index in [1.165, 1.54) is 56.2 Å². The molecule has 1 aromatic carbocycles. The number of nitrogens with zero attached hydrogens (tertiary/aromatic N) is 1. The zero-order valence-electron chi connectivity index (χ0n) is 10.9. The maximum Gasteiger partial charge on any atom is 0.115 e. The van der Waals surface area contributed by atoms with Crippen LogP contribution in [0.15, 0.2) is 18.2 Å². The Labute approximate surface area is 109 Å². The fourth-order valence-corrected chi connectivity index (χ4v) is 4.82. The zero-order valence-corrected chi connectivity index (χ0v) is 10.9. The van der Waals surface area contributed by atoms with E-state index in [9.17, 15) is 5.11 Å². The summed E-state index contributed by atoms with van der Waals surface area (Å²) in [6, 6.07) is 6.82. The van der Waals surface area contributed by atoms with E-state index >= 15 is 0 Å². The van der Waals surface area contributed by atoms with Gasteiger partial charge in [0.25, 0.3) is 0 Å². The van der Waals surface area contributed by atoms with Crippen LogP contribution in [0.3, 0.4) is 0 Å². The molecule has 1 saturated carbocycles. The second-order valence-electron chi connectivity index (χ2n) is 6.33. The van der Waals surface area contributed by atoms with Crippen LogP contribution in [-0.4, -0.2) is 22.6 Å². The van der Waals surface area contributed by atoms with Crippen molar-refractivity contribution < 1.29 is 5.11 Å². The van der Waals surface area contributed by atoms with Crippen LogP contribution in [-0.2, 0) is 12.0 Å². The Balaban J connectivity index is 1.91. The molecule has 4 rings (SSSR count). The second kappa shape index (κ2) is 3.74. The Bertz CT molecular complexity index is 480. The van der Waals surface area contributed by atoms with Gasteiger partial charge in [-0.25, -0.2) is 0 Å². The highest BCUT2D eigenvalue weighted by molar-refractivity contribution is 5.44. The Hall–Kier alpha value is -1.02. The summed E-state index contributed by atoms with van der Waals surface area (Å²) >= 11 is 0. The number of fused-ring (bicyclic) bond motifs is 1. The summed E-state index contributed by atoms with van der Waals surface area (Å²) in [7, 11) is 0. The van der Waals surface area contributed by atoms with Gasteiger partial charge in [0, 0.05) is 18.0 Å². The van der Waals surface area contributed by atoms with Crippen molar-refractivity contribution in [1.29, 1.82) is 0 Å². The van der Waals surface area contributed by atoms with Gasteiger partial charge in [-0.05, 0) is 55.5 Å². The molecule has 1 aromatic rings. The average Bonchev–Trinajstić information content (AvgIpc) is 2.40. The van der Waals surface area contributed by atoms with Crippen LogP contribution in [0.5, 0.6) is 5.75 Å². The molecule has 1 aliphatic carbocycles. The molecular formula is C16H21NO. The fourth-order valence-electron chi connectivity index (χ4n) is 4.82. The fraction of sp³-hybridized carbons (Fsp3) is 0.625. The lowest BCUT2D eigenvalue weighted by molar-refractivity contribution is 0.0116. The number of phenols is 1. The van der Waals surface area contributed by atoms with E-state index in [1.807, 2.05) is 6.07 Å². The minimum Gasteiger partial charge on any atom is -0.508 e. The molecule has 0 amide bonds. The highest BCUT2D eigenvalue weighted by atomic mass is 16.3. The zero-order chi connectivity index (χ0) is 12.2. The molecule has 2 heteroatoms. The van der Waals surface area contributed by atoms with E-state index in [-0.39, 0.29) is 0 Å². The molecule has 1 saturated heterocycles. The largest absolute Gasteiger partial charge is 0.508 e. The molecule has 0 aromatic heterocycles. The van der Waals surface area contributed by atoms with Crippen LogP contribution in [0, 0.1) is 0 Å². The van der Waals surface area contributed by atoms with Crippen LogP contribution in [0.2, 0.25) is 0 Å². The standard InChI is InChI=1S/C16H21NO/c18-13-6-5-12-11-17-9-3-8-16(14(12)10-13)7-2-1-4-15(16)17/h5-6,10,15,18H,1-4,7-9,11H2. The molecule has 0 radical (unpaired) electrons. The van der Waals surface area contributed by atoms with Crippen LogP contribution in [0.4, 0.5) is 0 Å². The first-order valence-corrected chi connectivity index (χ1v) is 7.36. The molecule has 2 heterocycles. The maximum absolute atomic E-state index is 9.86. The predicted octanol–water partition coefficient (Wildman–Crippen LogP) is 3.18. The number of rotatable bonds is 0. The molecule has 18 heavy (non-hydrogen) atoms. The highest BCUT2D eigenvalue weighted by Gasteiger charge is 2.50. The van der Waals surface area contributed by atoms with Gasteiger partial charge in [0.1, 0.15) is 5.75 Å². The average molecular weight is 243 g/mol. The number of phenolic OH excluding ortho intramolecular Hbond substituents is 1. The highest BCUT2D eigenvalue weighted by Crippen LogP contribution is 2.52. The first-order valence-electron chi connectivity index (χ1n) is 7.36. The summed E-state index contributed by atoms with van der Waals surface area (Å²) in [5.41, 5.74) is 3.30. The molecule has 2 fully saturated rings. The first-order chi connectivity index (χ1) is 8.79. The van der Waals surface area contributed by atoms with E-state index in [4.69, 9.17) is 0 Å². The third-order valence-corrected chi connectivity index (χ3v) is 5.50. The number of hydrogen-bond donors (Lipinski definition) is 1. The predicted molar refractivity (Wildman–Crippen MR) is 71.7 cm³/mol. The molecule has 1 N–H and O–H groups in total. The van der Waals surface area contributed by atoms with Gasteiger partial charge in [-0.3, -0.25) is 4.90 Å². The molecule has 2 bridgehead atoms. The third-order valence-electron chi connectivity index (χ3n) is 5.50. The topological polar surface area (TPSA) is 23.5 Å². The summed E-state index contributed by atoms with van der Waals surface area (Å²) in [6.07, 6.45) is 8.08. The summed E-state index contributed by atoms with van der Waals surface area (Å²) in [6.45, 7) is 2.37. The smallest absolute Gasteiger partial charge is 0.115 e. The minimum absolute atomic E-state index is 0.364. The van der Waals surface area contributed by atoms with E-state index in [2.05, 4.69) is 17.0 Å². The molecule has 2 nitrogen and oxygen atoms in total. The minimum atomic E-state index is 0.364. The second-order valence-corrected chi connectivity index (χ2v) is 6.33. The van der Waals surface area contributed by atoms with Crippen molar-refractivity contribution in [2.24, 2.45) is 0 Å². The van der Waals surface area contributed by atoms with Crippen molar-refractivity contribution in [2.45, 2.75) is 56.5 Å². The van der Waals surface area contributed by atoms with Crippen molar-refractivity contribution in [2.75, 3.05) is 6.54 Å². The van der Waals surface area contributed by atoms with E-state index in [1.54, 1.807) is 0 Å². The van der Waals surface area contributed by atoms with E-state index in [0.29, 0.717) is 11.2 Å². The number of piperidine rings is 1. The Kier molecular flexibility index (Phi) is 2.25. The third kappa shape index (κ3) is 1.33. The van der Waals surface area contributed by atoms with Gasteiger partial charge in [0.05, 0.1) is 0 Å². The van der Waals surface area contributed by atoms with Gasteiger partial charge in [0.15, 0.2) is 0 Å². The molecule has 2 aliphatic heterocycles. The molecule has 96 valence electrons. The molecular weight excluding hydrogens is 222 g/mol. The van der Waals surface area contributed by atoms with Gasteiger partial charge in [-0.2, -0.15) is 0 Å². The number of benzene rings is 1. The maximum atomic E-state index is 9.86.